The van der Waals surface area contributed by atoms with E-state index < -0.39 is 0 Å². The first-order chi connectivity index (χ1) is 10.3. The van der Waals surface area contributed by atoms with Crippen LogP contribution < -0.4 is 5.43 Å². The molecule has 0 fully saturated rings. The summed E-state index contributed by atoms with van der Waals surface area (Å²) in [7, 11) is 0. The van der Waals surface area contributed by atoms with Gasteiger partial charge in [-0.1, -0.05) is 18.2 Å². The van der Waals surface area contributed by atoms with E-state index in [-0.39, 0.29) is 11.5 Å². The molecule has 2 aromatic carbocycles. The largest absolute Gasteiger partial charge is 0.277 e. The second-order valence-corrected chi connectivity index (χ2v) is 5.21. The normalized spacial score (nSPS) is 11.3. The highest BCUT2D eigenvalue weighted by molar-refractivity contribution is 7.20. The van der Waals surface area contributed by atoms with Gasteiger partial charge in [0, 0.05) is 0 Å². The van der Waals surface area contributed by atoms with Gasteiger partial charge in [-0.3, -0.25) is 5.43 Å². The number of nitriles is 1. The summed E-state index contributed by atoms with van der Waals surface area (Å²) < 4.78 is 14.1. The highest BCUT2D eigenvalue weighted by atomic mass is 32.1. The van der Waals surface area contributed by atoms with Crippen molar-refractivity contribution in [2.45, 2.75) is 0 Å². The highest BCUT2D eigenvalue weighted by Crippen LogP contribution is 2.22. The molecule has 1 aromatic heterocycles. The van der Waals surface area contributed by atoms with Gasteiger partial charge in [-0.2, -0.15) is 10.4 Å². The summed E-state index contributed by atoms with van der Waals surface area (Å²) in [4.78, 5) is 4.36. The fourth-order valence-electron chi connectivity index (χ4n) is 1.77. The molecule has 21 heavy (non-hydrogen) atoms. The maximum absolute atomic E-state index is 13.1. The molecular formula is C15H9FN4S. The van der Waals surface area contributed by atoms with Gasteiger partial charge < -0.3 is 0 Å². The zero-order valence-corrected chi connectivity index (χ0v) is 11.6. The van der Waals surface area contributed by atoms with Crippen LogP contribution in [0, 0.1) is 17.1 Å². The second kappa shape index (κ2) is 5.69. The van der Waals surface area contributed by atoms with E-state index in [9.17, 15) is 9.65 Å². The molecule has 0 unspecified atom stereocenters. The van der Waals surface area contributed by atoms with E-state index in [0.717, 1.165) is 10.2 Å². The molecule has 0 aliphatic rings. The number of benzene rings is 2. The lowest BCUT2D eigenvalue weighted by molar-refractivity contribution is 0.628. The summed E-state index contributed by atoms with van der Waals surface area (Å²) in [6.07, 6.45) is 0. The van der Waals surface area contributed by atoms with Crippen LogP contribution in [-0.2, 0) is 0 Å². The van der Waals surface area contributed by atoms with Crippen molar-refractivity contribution in [3.63, 3.8) is 0 Å². The van der Waals surface area contributed by atoms with Gasteiger partial charge in [0.1, 0.15) is 11.9 Å². The first-order valence-corrected chi connectivity index (χ1v) is 6.93. The second-order valence-electron chi connectivity index (χ2n) is 4.18. The van der Waals surface area contributed by atoms with Gasteiger partial charge >= 0.3 is 0 Å². The van der Waals surface area contributed by atoms with E-state index in [1.807, 2.05) is 30.3 Å². The zero-order chi connectivity index (χ0) is 14.7. The third kappa shape index (κ3) is 2.88. The van der Waals surface area contributed by atoms with Gasteiger partial charge in [0.05, 0.1) is 15.9 Å². The molecule has 102 valence electrons. The van der Waals surface area contributed by atoms with E-state index in [1.54, 1.807) is 12.1 Å². The summed E-state index contributed by atoms with van der Waals surface area (Å²) in [5, 5.41) is 13.7. The molecule has 1 heterocycles. The molecule has 4 nitrogen and oxygen atoms in total. The summed E-state index contributed by atoms with van der Waals surface area (Å²) in [6.45, 7) is 0. The first-order valence-electron chi connectivity index (χ1n) is 6.11. The van der Waals surface area contributed by atoms with Gasteiger partial charge in [-0.05, 0) is 30.3 Å². The Balaban J connectivity index is 1.91. The molecule has 1 N–H and O–H groups in total. The van der Waals surface area contributed by atoms with Crippen LogP contribution in [0.2, 0.25) is 0 Å². The number of thiazole rings is 1. The Bertz CT molecular complexity index is 830. The van der Waals surface area contributed by atoms with Crippen molar-refractivity contribution in [2.24, 2.45) is 5.10 Å². The first kappa shape index (κ1) is 13.2. The lowest BCUT2D eigenvalue weighted by atomic mass is 10.3. The third-order valence-corrected chi connectivity index (χ3v) is 3.77. The van der Waals surface area contributed by atoms with E-state index in [0.29, 0.717) is 10.7 Å². The van der Waals surface area contributed by atoms with Gasteiger partial charge in [0.25, 0.3) is 0 Å². The predicted octanol–water partition coefficient (Wildman–Crippen LogP) is 3.78. The van der Waals surface area contributed by atoms with Crippen LogP contribution in [0.15, 0.2) is 53.6 Å². The number of fused-ring (bicyclic) bond motifs is 1. The van der Waals surface area contributed by atoms with Crippen LogP contribution in [-0.4, -0.2) is 10.7 Å². The van der Waals surface area contributed by atoms with Crippen molar-refractivity contribution in [1.29, 1.82) is 5.26 Å². The van der Waals surface area contributed by atoms with Crippen molar-refractivity contribution < 1.29 is 4.39 Å². The maximum Gasteiger partial charge on any atom is 0.196 e. The van der Waals surface area contributed by atoms with Gasteiger partial charge in [0.15, 0.2) is 10.7 Å². The van der Waals surface area contributed by atoms with Crippen LogP contribution in [0.4, 0.5) is 10.1 Å². The number of hydrogen-bond acceptors (Lipinski definition) is 5. The third-order valence-electron chi connectivity index (χ3n) is 2.72. The Morgan fingerprint density at radius 3 is 2.86 bits per heavy atom. The molecule has 0 bridgehead atoms. The Hall–Kier alpha value is -2.78. The minimum absolute atomic E-state index is 0.167. The smallest absolute Gasteiger partial charge is 0.196 e. The number of hydrogen-bond donors (Lipinski definition) is 1. The fourth-order valence-corrected chi connectivity index (χ4v) is 2.68. The van der Waals surface area contributed by atoms with E-state index in [1.165, 1.54) is 23.5 Å². The number of para-hydroxylation sites is 1. The summed E-state index contributed by atoms with van der Waals surface area (Å²) >= 11 is 1.39. The molecule has 0 aliphatic carbocycles. The molecule has 3 aromatic rings. The number of anilines is 1. The SMILES string of the molecule is N#C/C(=N/Nc1cccc(F)c1)c1nc2ccccc2s1. The summed E-state index contributed by atoms with van der Waals surface area (Å²) in [6, 6.07) is 15.5. The molecule has 6 heteroatoms. The number of rotatable bonds is 3. The standard InChI is InChI=1S/C15H9FN4S/c16-10-4-3-5-11(8-10)19-20-13(9-17)15-18-12-6-1-2-7-14(12)21-15/h1-8,19H/b20-13-. The Kier molecular flexibility index (Phi) is 3.58. The molecule has 0 amide bonds. The van der Waals surface area contributed by atoms with Crippen LogP contribution in [0.5, 0.6) is 0 Å². The van der Waals surface area contributed by atoms with Crippen LogP contribution in [0.25, 0.3) is 10.2 Å². The number of hydrazone groups is 1. The van der Waals surface area contributed by atoms with Crippen molar-refractivity contribution in [1.82, 2.24) is 4.98 Å². The van der Waals surface area contributed by atoms with Gasteiger partial charge in [-0.25, -0.2) is 9.37 Å². The van der Waals surface area contributed by atoms with E-state index in [2.05, 4.69) is 15.5 Å². The van der Waals surface area contributed by atoms with Crippen LogP contribution >= 0.6 is 11.3 Å². The fraction of sp³-hybridized carbons (Fsp3) is 0. The monoisotopic (exact) mass is 296 g/mol. The molecule has 0 aliphatic heterocycles. The lowest BCUT2D eigenvalue weighted by Crippen LogP contribution is -2.01. The van der Waals surface area contributed by atoms with Crippen molar-refractivity contribution in [3.05, 3.63) is 59.4 Å². The topological polar surface area (TPSA) is 61.1 Å². The number of halogens is 1. The Labute approximate surface area is 124 Å². The van der Waals surface area contributed by atoms with Gasteiger partial charge in [0.2, 0.25) is 0 Å². The number of aromatic nitrogens is 1. The highest BCUT2D eigenvalue weighted by Gasteiger charge is 2.09. The Morgan fingerprint density at radius 2 is 2.10 bits per heavy atom. The average Bonchev–Trinajstić information content (AvgIpc) is 2.91. The van der Waals surface area contributed by atoms with Crippen molar-refractivity contribution in [2.75, 3.05) is 5.43 Å². The minimum atomic E-state index is -0.367. The van der Waals surface area contributed by atoms with Crippen LogP contribution in [0.3, 0.4) is 0 Å². The molecule has 3 rings (SSSR count). The zero-order valence-electron chi connectivity index (χ0n) is 10.7. The lowest BCUT2D eigenvalue weighted by Gasteiger charge is -2.00. The quantitative estimate of drug-likeness (QED) is 0.591. The maximum atomic E-state index is 13.1. The van der Waals surface area contributed by atoms with E-state index in [4.69, 9.17) is 0 Å². The predicted molar refractivity (Wildman–Crippen MR) is 81.8 cm³/mol. The molecule has 0 atom stereocenters. The minimum Gasteiger partial charge on any atom is -0.277 e. The average molecular weight is 296 g/mol. The number of nitrogens with one attached hydrogen (secondary N) is 1. The summed E-state index contributed by atoms with van der Waals surface area (Å²) in [5.74, 6) is -0.367. The molecule has 0 saturated heterocycles. The van der Waals surface area contributed by atoms with E-state index >= 15 is 0 Å². The van der Waals surface area contributed by atoms with Crippen LogP contribution in [0.1, 0.15) is 5.01 Å². The molecule has 0 radical (unpaired) electrons. The Morgan fingerprint density at radius 1 is 1.24 bits per heavy atom. The summed E-state index contributed by atoms with van der Waals surface area (Å²) in [5.41, 5.74) is 4.14. The molecule has 0 spiro atoms. The van der Waals surface area contributed by atoms with Crippen molar-refractivity contribution >= 4 is 33.0 Å². The van der Waals surface area contributed by atoms with Crippen molar-refractivity contribution in [3.8, 4) is 6.07 Å². The molecule has 0 saturated carbocycles. The van der Waals surface area contributed by atoms with Gasteiger partial charge in [-0.15, -0.1) is 11.3 Å². The number of nitrogens with zero attached hydrogens (tertiary/aromatic N) is 3. The molecular weight excluding hydrogens is 287 g/mol.